The summed E-state index contributed by atoms with van der Waals surface area (Å²) in [6.45, 7) is 5.44. The van der Waals surface area contributed by atoms with E-state index in [1.165, 1.54) is 6.92 Å². The van der Waals surface area contributed by atoms with Crippen LogP contribution >= 0.6 is 0 Å². The van der Waals surface area contributed by atoms with Gasteiger partial charge >= 0.3 is 0 Å². The van der Waals surface area contributed by atoms with Crippen molar-refractivity contribution < 1.29 is 17.2 Å². The van der Waals surface area contributed by atoms with Gasteiger partial charge in [0.1, 0.15) is 0 Å². The third kappa shape index (κ3) is 3.58. The Kier molecular flexibility index (Phi) is 5.43. The van der Waals surface area contributed by atoms with Crippen LogP contribution in [-0.4, -0.2) is 14.2 Å². The first-order valence-electron chi connectivity index (χ1n) is 4.65. The molecule has 0 aliphatic heterocycles. The third-order valence-electron chi connectivity index (χ3n) is 1.63. The Bertz CT molecular complexity index is 413. The van der Waals surface area contributed by atoms with Crippen LogP contribution in [0.4, 0.5) is 8.78 Å². The smallest absolute Gasteiger partial charge is 0.178 e. The van der Waals surface area contributed by atoms with Crippen molar-refractivity contribution in [1.82, 2.24) is 0 Å². The lowest BCUT2D eigenvalue weighted by atomic mass is 10.3. The SMILES string of the molecule is CC.CCS(=O)(=O)c1ccc(F)c(F)c1. The van der Waals surface area contributed by atoms with E-state index in [-0.39, 0.29) is 10.6 Å². The lowest BCUT2D eigenvalue weighted by Crippen LogP contribution is -2.04. The van der Waals surface area contributed by atoms with Crippen molar-refractivity contribution in [2.45, 2.75) is 25.7 Å². The zero-order chi connectivity index (χ0) is 12.1. The average molecular weight is 236 g/mol. The van der Waals surface area contributed by atoms with Crippen LogP contribution in [0.3, 0.4) is 0 Å². The molecule has 0 radical (unpaired) electrons. The summed E-state index contributed by atoms with van der Waals surface area (Å²) in [7, 11) is -3.44. The quantitative estimate of drug-likeness (QED) is 0.740. The molecule has 5 heteroatoms. The first-order chi connectivity index (χ1) is 6.97. The summed E-state index contributed by atoms with van der Waals surface area (Å²) in [5, 5.41) is 0. The van der Waals surface area contributed by atoms with Gasteiger partial charge < -0.3 is 0 Å². The van der Waals surface area contributed by atoms with Gasteiger partial charge in [0.05, 0.1) is 10.6 Å². The predicted octanol–water partition coefficient (Wildman–Crippen LogP) is 2.78. The Labute approximate surface area is 88.9 Å². The van der Waals surface area contributed by atoms with Crippen molar-refractivity contribution in [2.75, 3.05) is 5.75 Å². The molecule has 1 rings (SSSR count). The number of sulfone groups is 1. The summed E-state index contributed by atoms with van der Waals surface area (Å²) in [6, 6.07) is 2.54. The van der Waals surface area contributed by atoms with Crippen LogP contribution in [0.15, 0.2) is 23.1 Å². The monoisotopic (exact) mass is 236 g/mol. The fraction of sp³-hybridized carbons (Fsp3) is 0.400. The van der Waals surface area contributed by atoms with Crippen molar-refractivity contribution in [3.05, 3.63) is 29.8 Å². The molecule has 15 heavy (non-hydrogen) atoms. The summed E-state index contributed by atoms with van der Waals surface area (Å²) >= 11 is 0. The number of halogens is 2. The van der Waals surface area contributed by atoms with E-state index >= 15 is 0 Å². The number of hydrogen-bond acceptors (Lipinski definition) is 2. The fourth-order valence-corrected chi connectivity index (χ4v) is 1.73. The van der Waals surface area contributed by atoms with E-state index in [1.54, 1.807) is 0 Å². The molecule has 0 aromatic heterocycles. The predicted molar refractivity (Wildman–Crippen MR) is 55.4 cm³/mol. The average Bonchev–Trinajstić information content (AvgIpc) is 2.25. The van der Waals surface area contributed by atoms with Crippen LogP contribution in [0.2, 0.25) is 0 Å². The van der Waals surface area contributed by atoms with Crippen LogP contribution < -0.4 is 0 Å². The van der Waals surface area contributed by atoms with E-state index in [9.17, 15) is 17.2 Å². The molecule has 0 heterocycles. The first kappa shape index (κ1) is 14.0. The first-order valence-corrected chi connectivity index (χ1v) is 6.30. The van der Waals surface area contributed by atoms with Crippen molar-refractivity contribution >= 4 is 9.84 Å². The fourth-order valence-electron chi connectivity index (χ4n) is 0.837. The van der Waals surface area contributed by atoms with E-state index in [2.05, 4.69) is 0 Å². The molecular formula is C10H14F2O2S. The Morgan fingerprint density at radius 2 is 1.67 bits per heavy atom. The second-order valence-electron chi connectivity index (χ2n) is 2.48. The van der Waals surface area contributed by atoms with Gasteiger partial charge in [-0.25, -0.2) is 17.2 Å². The Morgan fingerprint density at radius 3 is 2.07 bits per heavy atom. The lowest BCUT2D eigenvalue weighted by Gasteiger charge is -2.00. The second kappa shape index (κ2) is 5.80. The Balaban J connectivity index is 0.000000921. The zero-order valence-corrected chi connectivity index (χ0v) is 9.74. The lowest BCUT2D eigenvalue weighted by molar-refractivity contribution is 0.504. The normalized spacial score (nSPS) is 10.5. The van der Waals surface area contributed by atoms with E-state index in [4.69, 9.17) is 0 Å². The largest absolute Gasteiger partial charge is 0.224 e. The molecule has 2 nitrogen and oxygen atoms in total. The maximum absolute atomic E-state index is 12.6. The maximum atomic E-state index is 12.6. The number of benzene rings is 1. The van der Waals surface area contributed by atoms with Gasteiger partial charge in [-0.3, -0.25) is 0 Å². The van der Waals surface area contributed by atoms with Crippen molar-refractivity contribution in [1.29, 1.82) is 0 Å². The highest BCUT2D eigenvalue weighted by atomic mass is 32.2. The Hall–Kier alpha value is -0.970. The van der Waals surface area contributed by atoms with Crippen molar-refractivity contribution in [2.24, 2.45) is 0 Å². The summed E-state index contributed by atoms with van der Waals surface area (Å²) < 4.78 is 47.4. The van der Waals surface area contributed by atoms with Gasteiger partial charge in [0, 0.05) is 0 Å². The van der Waals surface area contributed by atoms with E-state index < -0.39 is 21.5 Å². The summed E-state index contributed by atoms with van der Waals surface area (Å²) in [4.78, 5) is -0.186. The van der Waals surface area contributed by atoms with Crippen LogP contribution in [0, 0.1) is 11.6 Å². The minimum absolute atomic E-state index is 0.127. The summed E-state index contributed by atoms with van der Waals surface area (Å²) in [6.07, 6.45) is 0. The molecular weight excluding hydrogens is 222 g/mol. The summed E-state index contributed by atoms with van der Waals surface area (Å²) in [5.74, 6) is -2.32. The molecule has 0 fully saturated rings. The highest BCUT2D eigenvalue weighted by Crippen LogP contribution is 2.14. The highest BCUT2D eigenvalue weighted by Gasteiger charge is 2.13. The standard InChI is InChI=1S/C8H8F2O2S.C2H6/c1-2-13(11,12)6-3-4-7(9)8(10)5-6;1-2/h3-5H,2H2,1H3;1-2H3. The Morgan fingerprint density at radius 1 is 1.13 bits per heavy atom. The molecule has 0 N–H and O–H groups in total. The van der Waals surface area contributed by atoms with Gasteiger partial charge in [-0.2, -0.15) is 0 Å². The number of rotatable bonds is 2. The zero-order valence-electron chi connectivity index (χ0n) is 8.92. The molecule has 0 spiro atoms. The minimum atomic E-state index is -3.44. The van der Waals surface area contributed by atoms with E-state index in [0.29, 0.717) is 6.07 Å². The van der Waals surface area contributed by atoms with Crippen molar-refractivity contribution in [3.8, 4) is 0 Å². The third-order valence-corrected chi connectivity index (χ3v) is 3.36. The van der Waals surface area contributed by atoms with E-state index in [1.807, 2.05) is 13.8 Å². The highest BCUT2D eigenvalue weighted by molar-refractivity contribution is 7.91. The van der Waals surface area contributed by atoms with Gasteiger partial charge in [0.2, 0.25) is 0 Å². The van der Waals surface area contributed by atoms with Gasteiger partial charge in [-0.15, -0.1) is 0 Å². The molecule has 0 bridgehead atoms. The molecule has 0 saturated heterocycles. The molecule has 1 aromatic carbocycles. The van der Waals surface area contributed by atoms with Gasteiger partial charge in [0.15, 0.2) is 21.5 Å². The summed E-state index contributed by atoms with van der Waals surface area (Å²) in [5.41, 5.74) is 0. The van der Waals surface area contributed by atoms with Crippen LogP contribution in [0.25, 0.3) is 0 Å². The number of hydrogen-bond donors (Lipinski definition) is 0. The molecule has 0 atom stereocenters. The van der Waals surface area contributed by atoms with Crippen molar-refractivity contribution in [3.63, 3.8) is 0 Å². The molecule has 0 aliphatic rings. The molecule has 1 aromatic rings. The van der Waals surface area contributed by atoms with Crippen LogP contribution in [0.5, 0.6) is 0 Å². The van der Waals surface area contributed by atoms with Crippen LogP contribution in [0.1, 0.15) is 20.8 Å². The second-order valence-corrected chi connectivity index (χ2v) is 4.76. The molecule has 0 unspecified atom stereocenters. The maximum Gasteiger partial charge on any atom is 0.178 e. The molecule has 0 aliphatic carbocycles. The topological polar surface area (TPSA) is 34.1 Å². The molecule has 0 saturated carbocycles. The van der Waals surface area contributed by atoms with Gasteiger partial charge in [0.25, 0.3) is 0 Å². The van der Waals surface area contributed by atoms with Gasteiger partial charge in [-0.1, -0.05) is 20.8 Å². The van der Waals surface area contributed by atoms with Gasteiger partial charge in [-0.05, 0) is 18.2 Å². The van der Waals surface area contributed by atoms with Crippen LogP contribution in [-0.2, 0) is 9.84 Å². The molecule has 86 valence electrons. The minimum Gasteiger partial charge on any atom is -0.224 e. The van der Waals surface area contributed by atoms with E-state index in [0.717, 1.165) is 12.1 Å². The molecule has 0 amide bonds.